The van der Waals surface area contributed by atoms with E-state index in [9.17, 15) is 9.59 Å². The minimum Gasteiger partial charge on any atom is -0.370 e. The predicted molar refractivity (Wildman–Crippen MR) is 93.9 cm³/mol. The van der Waals surface area contributed by atoms with E-state index in [-0.39, 0.29) is 11.8 Å². The molecule has 0 unspecified atom stereocenters. The van der Waals surface area contributed by atoms with Gasteiger partial charge in [0.2, 0.25) is 11.8 Å². The summed E-state index contributed by atoms with van der Waals surface area (Å²) < 4.78 is 0. The van der Waals surface area contributed by atoms with E-state index in [4.69, 9.17) is 5.73 Å². The van der Waals surface area contributed by atoms with Crippen molar-refractivity contribution in [2.24, 2.45) is 11.7 Å². The van der Waals surface area contributed by atoms with Crippen LogP contribution in [0.1, 0.15) is 23.2 Å². The van der Waals surface area contributed by atoms with E-state index in [1.807, 2.05) is 18.3 Å². The van der Waals surface area contributed by atoms with E-state index in [2.05, 4.69) is 9.88 Å². The number of nitrogens with zero attached hydrogens (tertiary/aromatic N) is 3. The number of rotatable bonds is 3. The van der Waals surface area contributed by atoms with E-state index in [1.54, 1.807) is 31.3 Å². The van der Waals surface area contributed by atoms with Crippen LogP contribution in [0.3, 0.4) is 0 Å². The maximum atomic E-state index is 12.1. The van der Waals surface area contributed by atoms with Crippen molar-refractivity contribution in [1.82, 2.24) is 9.88 Å². The number of amides is 2. The van der Waals surface area contributed by atoms with Crippen molar-refractivity contribution >= 4 is 28.3 Å². The first-order valence-electron chi connectivity index (χ1n) is 8.11. The van der Waals surface area contributed by atoms with Crippen molar-refractivity contribution in [3.05, 3.63) is 36.2 Å². The van der Waals surface area contributed by atoms with Crippen molar-refractivity contribution in [3.8, 4) is 0 Å². The van der Waals surface area contributed by atoms with Crippen LogP contribution in [-0.2, 0) is 4.79 Å². The summed E-state index contributed by atoms with van der Waals surface area (Å²) in [6.45, 7) is 1.59. The molecule has 126 valence electrons. The summed E-state index contributed by atoms with van der Waals surface area (Å²) in [6, 6.07) is 5.41. The van der Waals surface area contributed by atoms with Crippen LogP contribution in [0, 0.1) is 5.92 Å². The van der Waals surface area contributed by atoms with Gasteiger partial charge in [0.05, 0.1) is 11.9 Å². The van der Waals surface area contributed by atoms with Crippen molar-refractivity contribution < 1.29 is 9.59 Å². The highest BCUT2D eigenvalue weighted by molar-refractivity contribution is 6.01. The second-order valence-electron chi connectivity index (χ2n) is 6.45. The summed E-state index contributed by atoms with van der Waals surface area (Å²) in [5.74, 6) is -0.156. The highest BCUT2D eigenvalue weighted by Crippen LogP contribution is 2.30. The minimum absolute atomic E-state index is 0.0837. The van der Waals surface area contributed by atoms with Gasteiger partial charge in [-0.25, -0.2) is 0 Å². The monoisotopic (exact) mass is 326 g/mol. The molecule has 0 radical (unpaired) electrons. The molecule has 0 saturated carbocycles. The molecule has 1 aliphatic heterocycles. The zero-order chi connectivity index (χ0) is 17.3. The SMILES string of the molecule is CN(C)C(=O)C1CCN(c2cncc3ccc(C(N)=O)cc23)CC1. The number of primary amides is 1. The Morgan fingerprint density at radius 1 is 1.21 bits per heavy atom. The lowest BCUT2D eigenvalue weighted by Gasteiger charge is -2.34. The lowest BCUT2D eigenvalue weighted by Crippen LogP contribution is -2.40. The highest BCUT2D eigenvalue weighted by Gasteiger charge is 2.26. The fourth-order valence-corrected chi connectivity index (χ4v) is 3.29. The predicted octanol–water partition coefficient (Wildman–Crippen LogP) is 1.64. The van der Waals surface area contributed by atoms with Crippen LogP contribution in [0.5, 0.6) is 0 Å². The van der Waals surface area contributed by atoms with Gasteiger partial charge in [-0.15, -0.1) is 0 Å². The number of carbonyl (C=O) groups is 2. The summed E-state index contributed by atoms with van der Waals surface area (Å²) in [4.78, 5) is 31.8. The smallest absolute Gasteiger partial charge is 0.248 e. The zero-order valence-corrected chi connectivity index (χ0v) is 14.0. The van der Waals surface area contributed by atoms with E-state index >= 15 is 0 Å². The van der Waals surface area contributed by atoms with E-state index in [1.165, 1.54) is 0 Å². The average Bonchev–Trinajstić information content (AvgIpc) is 2.60. The first kappa shape index (κ1) is 16.2. The Hall–Kier alpha value is -2.63. The number of hydrogen-bond donors (Lipinski definition) is 1. The lowest BCUT2D eigenvalue weighted by atomic mass is 9.94. The van der Waals surface area contributed by atoms with Gasteiger partial charge in [-0.3, -0.25) is 14.6 Å². The van der Waals surface area contributed by atoms with Gasteiger partial charge < -0.3 is 15.5 Å². The summed E-state index contributed by atoms with van der Waals surface area (Å²) >= 11 is 0. The molecule has 6 nitrogen and oxygen atoms in total. The molecule has 2 amide bonds. The molecule has 6 heteroatoms. The van der Waals surface area contributed by atoms with Crippen molar-refractivity contribution in [2.45, 2.75) is 12.8 Å². The Morgan fingerprint density at radius 3 is 2.54 bits per heavy atom. The van der Waals surface area contributed by atoms with Crippen LogP contribution in [-0.4, -0.2) is 48.9 Å². The molecule has 1 saturated heterocycles. The van der Waals surface area contributed by atoms with Gasteiger partial charge in [0.25, 0.3) is 0 Å². The van der Waals surface area contributed by atoms with Gasteiger partial charge in [-0.2, -0.15) is 0 Å². The molecule has 2 aromatic rings. The third-order valence-electron chi connectivity index (χ3n) is 4.65. The molecular weight excluding hydrogens is 304 g/mol. The number of carbonyl (C=O) groups excluding carboxylic acids is 2. The molecule has 0 atom stereocenters. The van der Waals surface area contributed by atoms with Crippen LogP contribution < -0.4 is 10.6 Å². The van der Waals surface area contributed by atoms with Gasteiger partial charge in [0.1, 0.15) is 0 Å². The lowest BCUT2D eigenvalue weighted by molar-refractivity contribution is -0.133. The van der Waals surface area contributed by atoms with Crippen molar-refractivity contribution in [2.75, 3.05) is 32.1 Å². The quantitative estimate of drug-likeness (QED) is 0.930. The molecule has 2 heterocycles. The average molecular weight is 326 g/mol. The van der Waals surface area contributed by atoms with E-state index in [0.717, 1.165) is 42.4 Å². The number of fused-ring (bicyclic) bond motifs is 1. The second-order valence-corrected chi connectivity index (χ2v) is 6.45. The first-order valence-corrected chi connectivity index (χ1v) is 8.11. The minimum atomic E-state index is -0.435. The molecule has 3 rings (SSSR count). The first-order chi connectivity index (χ1) is 11.5. The molecule has 0 aliphatic carbocycles. The van der Waals surface area contributed by atoms with Crippen molar-refractivity contribution in [3.63, 3.8) is 0 Å². The van der Waals surface area contributed by atoms with Crippen molar-refractivity contribution in [1.29, 1.82) is 0 Å². The van der Waals surface area contributed by atoms with Crippen LogP contribution in [0.2, 0.25) is 0 Å². The van der Waals surface area contributed by atoms with E-state index < -0.39 is 5.91 Å². The zero-order valence-electron chi connectivity index (χ0n) is 14.0. The van der Waals surface area contributed by atoms with Crippen LogP contribution in [0.4, 0.5) is 5.69 Å². The third kappa shape index (κ3) is 3.04. The van der Waals surface area contributed by atoms with Gasteiger partial charge in [0.15, 0.2) is 0 Å². The summed E-state index contributed by atoms with van der Waals surface area (Å²) in [5.41, 5.74) is 6.89. The molecule has 0 spiro atoms. The molecule has 1 aliphatic rings. The number of aromatic nitrogens is 1. The van der Waals surface area contributed by atoms with Gasteiger partial charge in [-0.05, 0) is 25.0 Å². The van der Waals surface area contributed by atoms with Gasteiger partial charge >= 0.3 is 0 Å². The largest absolute Gasteiger partial charge is 0.370 e. The number of pyridine rings is 1. The molecule has 1 fully saturated rings. The summed E-state index contributed by atoms with van der Waals surface area (Å²) in [6.07, 6.45) is 5.25. The Labute approximate surface area is 141 Å². The normalized spacial score (nSPS) is 15.5. The molecule has 2 N–H and O–H groups in total. The molecule has 1 aromatic carbocycles. The summed E-state index contributed by atoms with van der Waals surface area (Å²) in [7, 11) is 3.60. The van der Waals surface area contributed by atoms with Crippen LogP contribution >= 0.6 is 0 Å². The maximum absolute atomic E-state index is 12.1. The Morgan fingerprint density at radius 2 is 1.92 bits per heavy atom. The van der Waals surface area contributed by atoms with Crippen LogP contribution in [0.25, 0.3) is 10.8 Å². The Bertz CT molecular complexity index is 780. The Kier molecular flexibility index (Phi) is 4.38. The fourth-order valence-electron chi connectivity index (χ4n) is 3.29. The highest BCUT2D eigenvalue weighted by atomic mass is 16.2. The van der Waals surface area contributed by atoms with Gasteiger partial charge in [-0.1, -0.05) is 6.07 Å². The van der Waals surface area contributed by atoms with E-state index in [0.29, 0.717) is 5.56 Å². The molecule has 0 bridgehead atoms. The molecular formula is C18H22N4O2. The second kappa shape index (κ2) is 6.47. The van der Waals surface area contributed by atoms with Crippen LogP contribution in [0.15, 0.2) is 30.6 Å². The molecule has 24 heavy (non-hydrogen) atoms. The summed E-state index contributed by atoms with van der Waals surface area (Å²) in [5, 5.41) is 1.95. The third-order valence-corrected chi connectivity index (χ3v) is 4.65. The standard InChI is InChI=1S/C18H22N4O2/c1-21(2)18(24)12-5-7-22(8-6-12)16-11-20-10-14-4-3-13(17(19)23)9-15(14)16/h3-4,9-12H,5-8H2,1-2H3,(H2,19,23). The number of nitrogens with two attached hydrogens (primary N) is 1. The number of hydrogen-bond acceptors (Lipinski definition) is 4. The van der Waals surface area contributed by atoms with Gasteiger partial charge in [0, 0.05) is 55.6 Å². The number of anilines is 1. The number of benzene rings is 1. The topological polar surface area (TPSA) is 79.5 Å². The number of piperidine rings is 1. The fraction of sp³-hybridized carbons (Fsp3) is 0.389. The molecule has 1 aromatic heterocycles. The Balaban J connectivity index is 1.86. The maximum Gasteiger partial charge on any atom is 0.248 e.